The third-order valence-electron chi connectivity index (χ3n) is 3.52. The number of thiophene rings is 1. The molecule has 0 radical (unpaired) electrons. The lowest BCUT2D eigenvalue weighted by atomic mass is 10.2. The number of hydrogen-bond acceptors (Lipinski definition) is 4. The van der Waals surface area contributed by atoms with Gasteiger partial charge in [-0.15, -0.1) is 11.3 Å². The minimum absolute atomic E-state index is 0.109. The van der Waals surface area contributed by atoms with Crippen molar-refractivity contribution in [1.29, 1.82) is 0 Å². The van der Waals surface area contributed by atoms with Gasteiger partial charge in [-0.3, -0.25) is 4.79 Å². The van der Waals surface area contributed by atoms with Crippen molar-refractivity contribution in [1.82, 2.24) is 9.88 Å². The van der Waals surface area contributed by atoms with Crippen LogP contribution in [0.25, 0.3) is 10.1 Å². The summed E-state index contributed by atoms with van der Waals surface area (Å²) in [7, 11) is 0. The highest BCUT2D eigenvalue weighted by Crippen LogP contribution is 2.16. The zero-order chi connectivity index (χ0) is 13.1. The molecule has 0 aliphatic carbocycles. The van der Waals surface area contributed by atoms with E-state index in [0.29, 0.717) is 12.6 Å². The van der Waals surface area contributed by atoms with E-state index in [9.17, 15) is 4.79 Å². The van der Waals surface area contributed by atoms with Crippen LogP contribution in [-0.2, 0) is 11.3 Å². The Balaban J connectivity index is 1.56. The van der Waals surface area contributed by atoms with Crippen molar-refractivity contribution in [2.45, 2.75) is 25.5 Å². The zero-order valence-electron chi connectivity index (χ0n) is 10.8. The Morgan fingerprint density at radius 2 is 2.42 bits per heavy atom. The molecule has 0 bridgehead atoms. The van der Waals surface area contributed by atoms with Crippen molar-refractivity contribution in [3.63, 3.8) is 0 Å². The lowest BCUT2D eigenvalue weighted by Crippen LogP contribution is -2.31. The van der Waals surface area contributed by atoms with Gasteiger partial charge >= 0.3 is 0 Å². The summed E-state index contributed by atoms with van der Waals surface area (Å²) in [6.07, 6.45) is 4.56. The molecule has 3 rings (SSSR count). The van der Waals surface area contributed by atoms with Gasteiger partial charge in [0.1, 0.15) is 0 Å². The Hall–Kier alpha value is -1.17. The van der Waals surface area contributed by atoms with Gasteiger partial charge in [0.05, 0.1) is 11.5 Å². The van der Waals surface area contributed by atoms with Gasteiger partial charge in [0.15, 0.2) is 0 Å². The number of nitrogens with one attached hydrogen (secondary N) is 1. The van der Waals surface area contributed by atoms with Gasteiger partial charge in [-0.2, -0.15) is 0 Å². The summed E-state index contributed by atoms with van der Waals surface area (Å²) >= 11 is 1.61. The minimum atomic E-state index is 0.109. The molecule has 4 nitrogen and oxygen atoms in total. The van der Waals surface area contributed by atoms with Crippen molar-refractivity contribution in [2.75, 3.05) is 19.7 Å². The summed E-state index contributed by atoms with van der Waals surface area (Å²) in [4.78, 5) is 12.2. The molecule has 5 heteroatoms. The van der Waals surface area contributed by atoms with Crippen LogP contribution in [0.15, 0.2) is 28.5 Å². The number of fused-ring (bicyclic) bond motifs is 1. The molecule has 0 spiro atoms. The molecule has 1 aliphatic rings. The van der Waals surface area contributed by atoms with E-state index in [2.05, 4.69) is 5.32 Å². The summed E-state index contributed by atoms with van der Waals surface area (Å²) in [5.41, 5.74) is 0.109. The Kier molecular flexibility index (Phi) is 3.96. The zero-order valence-corrected chi connectivity index (χ0v) is 11.6. The number of ether oxygens (including phenoxy) is 1. The highest BCUT2D eigenvalue weighted by atomic mass is 32.1. The fourth-order valence-corrected chi connectivity index (χ4v) is 3.22. The van der Waals surface area contributed by atoms with Crippen LogP contribution in [0, 0.1) is 0 Å². The van der Waals surface area contributed by atoms with E-state index in [0.717, 1.165) is 36.2 Å². The van der Waals surface area contributed by atoms with E-state index in [-0.39, 0.29) is 5.56 Å². The quantitative estimate of drug-likeness (QED) is 0.849. The molecule has 102 valence electrons. The second kappa shape index (κ2) is 5.86. The van der Waals surface area contributed by atoms with Crippen LogP contribution < -0.4 is 10.9 Å². The minimum Gasteiger partial charge on any atom is -0.377 e. The van der Waals surface area contributed by atoms with Gasteiger partial charge in [0, 0.05) is 37.1 Å². The van der Waals surface area contributed by atoms with Gasteiger partial charge in [-0.05, 0) is 30.4 Å². The summed E-state index contributed by atoms with van der Waals surface area (Å²) < 4.78 is 8.39. The average molecular weight is 278 g/mol. The molecule has 2 aromatic rings. The van der Waals surface area contributed by atoms with E-state index < -0.39 is 0 Å². The molecule has 0 aromatic carbocycles. The molecule has 1 aliphatic heterocycles. The number of pyridine rings is 1. The Morgan fingerprint density at radius 1 is 1.47 bits per heavy atom. The van der Waals surface area contributed by atoms with Crippen LogP contribution in [-0.4, -0.2) is 30.4 Å². The monoisotopic (exact) mass is 278 g/mol. The first-order valence-electron chi connectivity index (χ1n) is 6.73. The van der Waals surface area contributed by atoms with Gasteiger partial charge in [0.25, 0.3) is 5.56 Å². The number of aromatic nitrogens is 1. The van der Waals surface area contributed by atoms with Crippen molar-refractivity contribution in [2.24, 2.45) is 0 Å². The maximum Gasteiger partial charge on any atom is 0.259 e. The summed E-state index contributed by atoms with van der Waals surface area (Å²) in [6, 6.07) is 3.92. The predicted octanol–water partition coefficient (Wildman–Crippen LogP) is 1.83. The maximum atomic E-state index is 12.2. The molecule has 1 fully saturated rings. The summed E-state index contributed by atoms with van der Waals surface area (Å²) in [5, 5.41) is 6.15. The van der Waals surface area contributed by atoms with Crippen LogP contribution in [0.3, 0.4) is 0 Å². The van der Waals surface area contributed by atoms with E-state index in [1.165, 1.54) is 6.42 Å². The highest BCUT2D eigenvalue weighted by Gasteiger charge is 2.14. The van der Waals surface area contributed by atoms with E-state index in [1.54, 1.807) is 15.9 Å². The van der Waals surface area contributed by atoms with Crippen molar-refractivity contribution >= 4 is 21.4 Å². The topological polar surface area (TPSA) is 43.3 Å². The smallest absolute Gasteiger partial charge is 0.259 e. The number of hydrogen-bond donors (Lipinski definition) is 1. The Labute approximate surface area is 116 Å². The Morgan fingerprint density at radius 3 is 3.26 bits per heavy atom. The van der Waals surface area contributed by atoms with Crippen LogP contribution in [0.1, 0.15) is 12.8 Å². The average Bonchev–Trinajstić information content (AvgIpc) is 3.08. The fourth-order valence-electron chi connectivity index (χ4n) is 2.45. The molecular weight excluding hydrogens is 260 g/mol. The van der Waals surface area contributed by atoms with Crippen LogP contribution in [0.5, 0.6) is 0 Å². The first-order valence-corrected chi connectivity index (χ1v) is 7.61. The second-order valence-corrected chi connectivity index (χ2v) is 5.80. The lowest BCUT2D eigenvalue weighted by Gasteiger charge is -2.11. The lowest BCUT2D eigenvalue weighted by molar-refractivity contribution is 0.110. The van der Waals surface area contributed by atoms with Crippen molar-refractivity contribution in [3.8, 4) is 0 Å². The summed E-state index contributed by atoms with van der Waals surface area (Å²) in [6.45, 7) is 3.28. The van der Waals surface area contributed by atoms with Crippen molar-refractivity contribution < 1.29 is 4.74 Å². The molecule has 1 atom stereocenters. The fraction of sp³-hybridized carbons (Fsp3) is 0.500. The van der Waals surface area contributed by atoms with E-state index in [4.69, 9.17) is 4.74 Å². The first kappa shape index (κ1) is 12.8. The highest BCUT2D eigenvalue weighted by molar-refractivity contribution is 7.17. The first-order chi connectivity index (χ1) is 9.34. The molecule has 0 saturated carbocycles. The standard InChI is InChI=1S/C14H18N2O2S/c17-14-12-4-9-19-13(12)3-6-16(14)7-5-15-10-11-2-1-8-18-11/h3-4,6,9,11,15H,1-2,5,7-8,10H2. The molecule has 1 N–H and O–H groups in total. The molecular formula is C14H18N2O2S. The molecule has 1 unspecified atom stereocenters. The van der Waals surface area contributed by atoms with Crippen LogP contribution >= 0.6 is 11.3 Å². The molecule has 3 heterocycles. The van der Waals surface area contributed by atoms with Gasteiger partial charge in [-0.1, -0.05) is 0 Å². The normalized spacial score (nSPS) is 19.3. The third-order valence-corrected chi connectivity index (χ3v) is 4.40. The van der Waals surface area contributed by atoms with Gasteiger partial charge in [0.2, 0.25) is 0 Å². The largest absolute Gasteiger partial charge is 0.377 e. The maximum absolute atomic E-state index is 12.2. The number of rotatable bonds is 5. The molecule has 2 aromatic heterocycles. The number of nitrogens with zero attached hydrogens (tertiary/aromatic N) is 1. The van der Waals surface area contributed by atoms with E-state index in [1.807, 2.05) is 23.7 Å². The summed E-state index contributed by atoms with van der Waals surface area (Å²) in [5.74, 6) is 0. The van der Waals surface area contributed by atoms with Crippen LogP contribution in [0.2, 0.25) is 0 Å². The third kappa shape index (κ3) is 2.88. The van der Waals surface area contributed by atoms with Crippen LogP contribution in [0.4, 0.5) is 0 Å². The van der Waals surface area contributed by atoms with Gasteiger partial charge < -0.3 is 14.6 Å². The van der Waals surface area contributed by atoms with E-state index >= 15 is 0 Å². The second-order valence-electron chi connectivity index (χ2n) is 4.85. The van der Waals surface area contributed by atoms with Gasteiger partial charge in [-0.25, -0.2) is 0 Å². The Bertz CT molecular complexity index is 599. The molecule has 19 heavy (non-hydrogen) atoms. The predicted molar refractivity (Wildman–Crippen MR) is 77.9 cm³/mol. The van der Waals surface area contributed by atoms with Crippen molar-refractivity contribution in [3.05, 3.63) is 34.1 Å². The SMILES string of the molecule is O=c1c2ccsc2ccn1CCNCC1CCCO1. The molecule has 1 saturated heterocycles. The molecule has 0 amide bonds.